The van der Waals surface area contributed by atoms with Gasteiger partial charge in [0.15, 0.2) is 4.67 Å². The lowest BCUT2D eigenvalue weighted by atomic mass is 10.2. The summed E-state index contributed by atoms with van der Waals surface area (Å²) in [5.74, 6) is 0.767. The molecule has 0 bridgehead atoms. The molecule has 0 aromatic carbocycles. The summed E-state index contributed by atoms with van der Waals surface area (Å²) in [5.41, 5.74) is 0. The van der Waals surface area contributed by atoms with E-state index in [1.54, 1.807) is 6.07 Å². The van der Waals surface area contributed by atoms with Crippen LogP contribution in [0.2, 0.25) is 0 Å². The zero-order valence-electron chi connectivity index (χ0n) is 7.90. The third kappa shape index (κ3) is 3.09. The lowest BCUT2D eigenvalue weighted by molar-refractivity contribution is 0.160. The van der Waals surface area contributed by atoms with Gasteiger partial charge in [0.05, 0.1) is 25.3 Å². The molecule has 3 N–H and O–H groups in total. The van der Waals surface area contributed by atoms with Gasteiger partial charge in [0, 0.05) is 0 Å². The molecule has 0 aliphatic rings. The average Bonchev–Trinajstić information content (AvgIpc) is 2.61. The first-order valence-corrected chi connectivity index (χ1v) is 5.19. The number of hydrogen-bond donors (Lipinski definition) is 3. The first kappa shape index (κ1) is 11.7. The highest BCUT2D eigenvalue weighted by molar-refractivity contribution is 9.10. The van der Waals surface area contributed by atoms with Gasteiger partial charge in [-0.25, -0.2) is 0 Å². The molecule has 0 aliphatic heterocycles. The predicted molar refractivity (Wildman–Crippen MR) is 55.9 cm³/mol. The fourth-order valence-electron chi connectivity index (χ4n) is 1.16. The molecule has 1 aromatic heterocycles. The second-order valence-corrected chi connectivity index (χ2v) is 3.87. The molecule has 0 amide bonds. The van der Waals surface area contributed by atoms with Crippen LogP contribution in [-0.2, 0) is 0 Å². The number of nitrogens with one attached hydrogen (secondary N) is 1. The standard InChI is InChI=1S/C9H14BrNO3/c1-6(11-7(4-12)5-13)8-2-3-9(10)14-8/h2-3,6-7,11-13H,4-5H2,1H3. The Labute approximate surface area is 91.1 Å². The number of furan rings is 1. The molecular weight excluding hydrogens is 250 g/mol. The monoisotopic (exact) mass is 263 g/mol. The smallest absolute Gasteiger partial charge is 0.169 e. The summed E-state index contributed by atoms with van der Waals surface area (Å²) in [4.78, 5) is 0. The van der Waals surface area contributed by atoms with E-state index in [1.807, 2.05) is 13.0 Å². The van der Waals surface area contributed by atoms with Crippen LogP contribution in [0, 0.1) is 0 Å². The van der Waals surface area contributed by atoms with Crippen molar-refractivity contribution in [2.75, 3.05) is 13.2 Å². The van der Waals surface area contributed by atoms with Gasteiger partial charge in [0.25, 0.3) is 0 Å². The van der Waals surface area contributed by atoms with Crippen LogP contribution in [0.4, 0.5) is 0 Å². The molecule has 1 unspecified atom stereocenters. The largest absolute Gasteiger partial charge is 0.453 e. The van der Waals surface area contributed by atoms with Crippen molar-refractivity contribution in [3.05, 3.63) is 22.6 Å². The van der Waals surface area contributed by atoms with Crippen LogP contribution >= 0.6 is 15.9 Å². The molecule has 4 nitrogen and oxygen atoms in total. The minimum absolute atomic E-state index is 0.0365. The van der Waals surface area contributed by atoms with E-state index < -0.39 is 0 Å². The van der Waals surface area contributed by atoms with Crippen molar-refractivity contribution < 1.29 is 14.6 Å². The minimum atomic E-state index is -0.311. The van der Waals surface area contributed by atoms with E-state index in [1.165, 1.54) is 0 Å². The number of aliphatic hydroxyl groups is 2. The van der Waals surface area contributed by atoms with Crippen LogP contribution in [-0.4, -0.2) is 29.5 Å². The van der Waals surface area contributed by atoms with Crippen molar-refractivity contribution in [3.63, 3.8) is 0 Å². The zero-order chi connectivity index (χ0) is 10.6. The van der Waals surface area contributed by atoms with Gasteiger partial charge in [-0.15, -0.1) is 0 Å². The van der Waals surface area contributed by atoms with Crippen LogP contribution < -0.4 is 5.32 Å². The van der Waals surface area contributed by atoms with E-state index in [-0.39, 0.29) is 25.3 Å². The predicted octanol–water partition coefficient (Wildman–Crippen LogP) is 1.05. The maximum absolute atomic E-state index is 8.86. The Bertz CT molecular complexity index is 273. The highest BCUT2D eigenvalue weighted by atomic mass is 79.9. The van der Waals surface area contributed by atoms with E-state index in [9.17, 15) is 0 Å². The molecule has 0 spiro atoms. The van der Waals surface area contributed by atoms with Gasteiger partial charge in [-0.3, -0.25) is 0 Å². The van der Waals surface area contributed by atoms with Crippen LogP contribution in [0.1, 0.15) is 18.7 Å². The second-order valence-electron chi connectivity index (χ2n) is 3.09. The van der Waals surface area contributed by atoms with Crippen molar-refractivity contribution in [1.82, 2.24) is 5.32 Å². The van der Waals surface area contributed by atoms with Gasteiger partial charge in [0.1, 0.15) is 5.76 Å². The van der Waals surface area contributed by atoms with E-state index in [0.29, 0.717) is 4.67 Å². The molecule has 14 heavy (non-hydrogen) atoms. The Morgan fingerprint density at radius 3 is 2.50 bits per heavy atom. The topological polar surface area (TPSA) is 65.6 Å². The fraction of sp³-hybridized carbons (Fsp3) is 0.556. The van der Waals surface area contributed by atoms with Crippen molar-refractivity contribution in [3.8, 4) is 0 Å². The Morgan fingerprint density at radius 2 is 2.07 bits per heavy atom. The van der Waals surface area contributed by atoms with E-state index in [4.69, 9.17) is 14.6 Å². The molecule has 0 saturated heterocycles. The van der Waals surface area contributed by atoms with Crippen LogP contribution in [0.15, 0.2) is 21.2 Å². The molecule has 1 rings (SSSR count). The summed E-state index contributed by atoms with van der Waals surface area (Å²) >= 11 is 3.21. The van der Waals surface area contributed by atoms with Gasteiger partial charge >= 0.3 is 0 Å². The maximum atomic E-state index is 8.86. The molecule has 0 saturated carbocycles. The molecule has 1 aromatic rings. The highest BCUT2D eigenvalue weighted by Crippen LogP contribution is 2.20. The molecular formula is C9H14BrNO3. The quantitative estimate of drug-likeness (QED) is 0.743. The number of halogens is 1. The summed E-state index contributed by atoms with van der Waals surface area (Å²) in [7, 11) is 0. The van der Waals surface area contributed by atoms with Gasteiger partial charge in [-0.2, -0.15) is 0 Å². The van der Waals surface area contributed by atoms with Gasteiger partial charge in [0.2, 0.25) is 0 Å². The van der Waals surface area contributed by atoms with Gasteiger partial charge in [-0.1, -0.05) is 0 Å². The summed E-state index contributed by atoms with van der Waals surface area (Å²) in [6.07, 6.45) is 0. The molecule has 5 heteroatoms. The molecule has 0 fully saturated rings. The normalized spacial score (nSPS) is 13.5. The lowest BCUT2D eigenvalue weighted by Gasteiger charge is -2.17. The van der Waals surface area contributed by atoms with Gasteiger partial charge < -0.3 is 19.9 Å². The van der Waals surface area contributed by atoms with Crippen molar-refractivity contribution in [2.24, 2.45) is 0 Å². The molecule has 1 atom stereocenters. The molecule has 1 heterocycles. The van der Waals surface area contributed by atoms with E-state index in [2.05, 4.69) is 21.2 Å². The average molecular weight is 264 g/mol. The Balaban J connectivity index is 2.53. The third-order valence-electron chi connectivity index (χ3n) is 1.95. The molecule has 0 radical (unpaired) electrons. The van der Waals surface area contributed by atoms with Crippen molar-refractivity contribution in [2.45, 2.75) is 19.0 Å². The van der Waals surface area contributed by atoms with Crippen LogP contribution in [0.5, 0.6) is 0 Å². The zero-order valence-corrected chi connectivity index (χ0v) is 9.49. The fourth-order valence-corrected chi connectivity index (χ4v) is 1.48. The SMILES string of the molecule is CC(NC(CO)CO)c1ccc(Br)o1. The van der Waals surface area contributed by atoms with Gasteiger partial charge in [-0.05, 0) is 35.0 Å². The Hall–Kier alpha value is -0.360. The van der Waals surface area contributed by atoms with Crippen LogP contribution in [0.3, 0.4) is 0 Å². The number of aliphatic hydroxyl groups excluding tert-OH is 2. The summed E-state index contributed by atoms with van der Waals surface area (Å²) in [6, 6.07) is 3.30. The first-order chi connectivity index (χ1) is 6.67. The summed E-state index contributed by atoms with van der Waals surface area (Å²) in [5, 5.41) is 20.8. The highest BCUT2D eigenvalue weighted by Gasteiger charge is 2.14. The Kier molecular flexibility index (Phi) is 4.60. The molecule has 80 valence electrons. The maximum Gasteiger partial charge on any atom is 0.169 e. The third-order valence-corrected chi connectivity index (χ3v) is 2.37. The minimum Gasteiger partial charge on any atom is -0.453 e. The number of rotatable bonds is 5. The summed E-state index contributed by atoms with van der Waals surface area (Å²) < 4.78 is 6.00. The van der Waals surface area contributed by atoms with Crippen molar-refractivity contribution >= 4 is 15.9 Å². The molecule has 0 aliphatic carbocycles. The Morgan fingerprint density at radius 1 is 1.43 bits per heavy atom. The van der Waals surface area contributed by atoms with Crippen LogP contribution in [0.25, 0.3) is 0 Å². The first-order valence-electron chi connectivity index (χ1n) is 4.40. The van der Waals surface area contributed by atoms with E-state index >= 15 is 0 Å². The number of hydrogen-bond acceptors (Lipinski definition) is 4. The lowest BCUT2D eigenvalue weighted by Crippen LogP contribution is -2.37. The summed E-state index contributed by atoms with van der Waals surface area (Å²) in [6.45, 7) is 1.72. The van der Waals surface area contributed by atoms with E-state index in [0.717, 1.165) is 5.76 Å². The van der Waals surface area contributed by atoms with Crippen molar-refractivity contribution in [1.29, 1.82) is 0 Å². The second kappa shape index (κ2) is 5.50.